The van der Waals surface area contributed by atoms with Gasteiger partial charge >= 0.3 is 0 Å². The maximum atomic E-state index is 9.79. The number of fused-ring (bicyclic) bond motifs is 3. The minimum absolute atomic E-state index is 0.0535. The third kappa shape index (κ3) is 2.64. The highest BCUT2D eigenvalue weighted by molar-refractivity contribution is 9.10. The first kappa shape index (κ1) is 18.4. The second-order valence-corrected chi connectivity index (χ2v) is 7.49. The summed E-state index contributed by atoms with van der Waals surface area (Å²) in [6.45, 7) is 0. The molecule has 0 saturated carbocycles. The maximum absolute atomic E-state index is 9.79. The maximum Gasteiger partial charge on any atom is 0.205 e. The summed E-state index contributed by atoms with van der Waals surface area (Å²) in [5.74, 6) is 0.623. The zero-order chi connectivity index (χ0) is 20.0. The number of hydrogen-bond donors (Lipinski definition) is 1. The van der Waals surface area contributed by atoms with Crippen molar-refractivity contribution >= 4 is 32.7 Å². The van der Waals surface area contributed by atoms with Crippen LogP contribution in [0.1, 0.15) is 17.0 Å². The van der Waals surface area contributed by atoms with Gasteiger partial charge in [-0.25, -0.2) is 0 Å². The van der Waals surface area contributed by atoms with Crippen LogP contribution in [-0.4, -0.2) is 24.7 Å². The molecule has 7 heteroatoms. The fourth-order valence-electron chi connectivity index (χ4n) is 3.83. The largest absolute Gasteiger partial charge is 0.493 e. The van der Waals surface area contributed by atoms with Crippen LogP contribution in [0.3, 0.4) is 0 Å². The quantitative estimate of drug-likeness (QED) is 0.646. The predicted molar refractivity (Wildman–Crippen MR) is 109 cm³/mol. The van der Waals surface area contributed by atoms with Crippen LogP contribution in [0.15, 0.2) is 41.0 Å². The first-order chi connectivity index (χ1) is 13.5. The highest BCUT2D eigenvalue weighted by atomic mass is 79.9. The minimum Gasteiger partial charge on any atom is -0.493 e. The van der Waals surface area contributed by atoms with Crippen molar-refractivity contribution in [2.24, 2.45) is 13.0 Å². The predicted octanol–water partition coefficient (Wildman–Crippen LogP) is 4.60. The van der Waals surface area contributed by atoms with Gasteiger partial charge in [-0.05, 0) is 45.8 Å². The van der Waals surface area contributed by atoms with E-state index in [0.29, 0.717) is 17.2 Å². The van der Waals surface area contributed by atoms with Crippen LogP contribution >= 0.6 is 15.9 Å². The standard InChI is InChI=1S/C21H18BrN3O3/c1-25-7-6-12-16(25)5-4-13-18(14(10-23)21(24)28-19(12)13)11-8-15(22)20(27-3)17(9-11)26-2/h4-9,14,18,24H,1-3H3. The highest BCUT2D eigenvalue weighted by Gasteiger charge is 2.38. The van der Waals surface area contributed by atoms with Crippen LogP contribution in [0.4, 0.5) is 0 Å². The molecule has 0 fully saturated rings. The summed E-state index contributed by atoms with van der Waals surface area (Å²) in [5, 5.41) is 19.1. The van der Waals surface area contributed by atoms with Gasteiger partial charge in [0.1, 0.15) is 11.7 Å². The van der Waals surface area contributed by atoms with E-state index in [1.165, 1.54) is 0 Å². The van der Waals surface area contributed by atoms with E-state index < -0.39 is 5.92 Å². The van der Waals surface area contributed by atoms with Gasteiger partial charge in [0.2, 0.25) is 5.90 Å². The molecule has 2 atom stereocenters. The molecule has 2 heterocycles. The molecule has 0 radical (unpaired) electrons. The highest BCUT2D eigenvalue weighted by Crippen LogP contribution is 2.48. The van der Waals surface area contributed by atoms with E-state index in [4.69, 9.17) is 19.6 Å². The lowest BCUT2D eigenvalue weighted by atomic mass is 9.78. The Morgan fingerprint density at radius 3 is 2.68 bits per heavy atom. The number of rotatable bonds is 3. The molecule has 1 N–H and O–H groups in total. The summed E-state index contributed by atoms with van der Waals surface area (Å²) >= 11 is 3.53. The molecule has 0 spiro atoms. The summed E-state index contributed by atoms with van der Waals surface area (Å²) in [6.07, 6.45) is 1.95. The van der Waals surface area contributed by atoms with E-state index in [0.717, 1.165) is 26.5 Å². The van der Waals surface area contributed by atoms with Gasteiger partial charge in [-0.2, -0.15) is 5.26 Å². The number of hydrogen-bond acceptors (Lipinski definition) is 5. The lowest BCUT2D eigenvalue weighted by Gasteiger charge is -2.31. The van der Waals surface area contributed by atoms with Crippen LogP contribution in [-0.2, 0) is 7.05 Å². The van der Waals surface area contributed by atoms with Gasteiger partial charge in [-0.15, -0.1) is 0 Å². The van der Waals surface area contributed by atoms with Crippen molar-refractivity contribution in [3.63, 3.8) is 0 Å². The summed E-state index contributed by atoms with van der Waals surface area (Å²) in [6, 6.07) is 12.0. The number of nitriles is 1. The van der Waals surface area contributed by atoms with Crippen molar-refractivity contribution in [1.82, 2.24) is 4.57 Å². The number of methoxy groups -OCH3 is 2. The average Bonchev–Trinajstić information content (AvgIpc) is 3.07. The van der Waals surface area contributed by atoms with E-state index in [-0.39, 0.29) is 11.8 Å². The van der Waals surface area contributed by atoms with Gasteiger partial charge in [0.05, 0.1) is 30.3 Å². The number of nitrogens with one attached hydrogen (secondary N) is 1. The van der Waals surface area contributed by atoms with Crippen molar-refractivity contribution in [1.29, 1.82) is 10.7 Å². The van der Waals surface area contributed by atoms with Gasteiger partial charge in [-0.3, -0.25) is 5.41 Å². The molecular weight excluding hydrogens is 422 g/mol. The first-order valence-corrected chi connectivity index (χ1v) is 9.44. The molecule has 0 amide bonds. The molecule has 2 unspecified atom stereocenters. The third-order valence-electron chi connectivity index (χ3n) is 5.17. The Morgan fingerprint density at radius 1 is 1.21 bits per heavy atom. The van der Waals surface area contributed by atoms with Crippen LogP contribution in [0.5, 0.6) is 17.2 Å². The molecule has 3 aromatic rings. The Kier molecular flexibility index (Phi) is 4.52. The third-order valence-corrected chi connectivity index (χ3v) is 5.75. The number of halogens is 1. The van der Waals surface area contributed by atoms with E-state index in [9.17, 15) is 5.26 Å². The molecule has 1 aliphatic heterocycles. The molecule has 1 aliphatic rings. The SMILES string of the molecule is COc1cc(C2c3ccc4c(ccn4C)c3OC(=N)C2C#N)cc(Br)c1OC. The lowest BCUT2D eigenvalue weighted by molar-refractivity contribution is 0.352. The fraction of sp³-hybridized carbons (Fsp3) is 0.238. The summed E-state index contributed by atoms with van der Waals surface area (Å²) < 4.78 is 19.4. The zero-order valence-corrected chi connectivity index (χ0v) is 17.2. The van der Waals surface area contributed by atoms with Crippen molar-refractivity contribution in [3.8, 4) is 23.3 Å². The molecule has 0 saturated heterocycles. The van der Waals surface area contributed by atoms with Crippen LogP contribution < -0.4 is 14.2 Å². The van der Waals surface area contributed by atoms with Gasteiger partial charge < -0.3 is 18.8 Å². The monoisotopic (exact) mass is 439 g/mol. The summed E-state index contributed by atoms with van der Waals surface area (Å²) in [7, 11) is 5.11. The number of benzene rings is 2. The molecule has 6 nitrogen and oxygen atoms in total. The van der Waals surface area contributed by atoms with Gasteiger partial charge in [0.25, 0.3) is 0 Å². The van der Waals surface area contributed by atoms with E-state index in [1.807, 2.05) is 48.1 Å². The molecule has 142 valence electrons. The van der Waals surface area contributed by atoms with Crippen molar-refractivity contribution in [3.05, 3.63) is 52.1 Å². The normalized spacial score (nSPS) is 18.3. The molecule has 28 heavy (non-hydrogen) atoms. The van der Waals surface area contributed by atoms with E-state index in [1.54, 1.807) is 14.2 Å². The van der Waals surface area contributed by atoms with E-state index >= 15 is 0 Å². The van der Waals surface area contributed by atoms with E-state index in [2.05, 4.69) is 22.0 Å². The molecular formula is C21H18BrN3O3. The molecule has 4 rings (SSSR count). The Bertz CT molecular complexity index is 1150. The summed E-state index contributed by atoms with van der Waals surface area (Å²) in [4.78, 5) is 0. The summed E-state index contributed by atoms with van der Waals surface area (Å²) in [5.41, 5.74) is 2.73. The number of nitrogens with zero attached hydrogens (tertiary/aromatic N) is 2. The molecule has 0 aliphatic carbocycles. The zero-order valence-electron chi connectivity index (χ0n) is 15.6. The Morgan fingerprint density at radius 2 is 2.00 bits per heavy atom. The lowest BCUT2D eigenvalue weighted by Crippen LogP contribution is -2.31. The minimum atomic E-state index is -0.737. The van der Waals surface area contributed by atoms with Gasteiger partial charge in [0.15, 0.2) is 11.5 Å². The molecule has 2 aromatic carbocycles. The van der Waals surface area contributed by atoms with Crippen LogP contribution in [0, 0.1) is 22.7 Å². The Balaban J connectivity index is 1.98. The van der Waals surface area contributed by atoms with Crippen LogP contribution in [0.2, 0.25) is 0 Å². The molecule has 1 aromatic heterocycles. The Hall–Kier alpha value is -2.98. The average molecular weight is 440 g/mol. The molecule has 0 bridgehead atoms. The van der Waals surface area contributed by atoms with Crippen molar-refractivity contribution in [2.75, 3.05) is 14.2 Å². The van der Waals surface area contributed by atoms with Gasteiger partial charge in [-0.1, -0.05) is 6.07 Å². The second kappa shape index (κ2) is 6.88. The topological polar surface area (TPSA) is 80.3 Å². The smallest absolute Gasteiger partial charge is 0.205 e. The van der Waals surface area contributed by atoms with Crippen molar-refractivity contribution < 1.29 is 14.2 Å². The Labute approximate surface area is 170 Å². The fourth-order valence-corrected chi connectivity index (χ4v) is 4.45. The number of ether oxygens (including phenoxy) is 3. The number of aromatic nitrogens is 1. The van der Waals surface area contributed by atoms with Crippen molar-refractivity contribution in [2.45, 2.75) is 5.92 Å². The van der Waals surface area contributed by atoms with Crippen LogP contribution in [0.25, 0.3) is 10.9 Å². The number of aryl methyl sites for hydroxylation is 1. The first-order valence-electron chi connectivity index (χ1n) is 8.65. The van der Waals surface area contributed by atoms with Gasteiger partial charge in [0, 0.05) is 30.1 Å². The second-order valence-electron chi connectivity index (χ2n) is 6.63.